The van der Waals surface area contributed by atoms with E-state index in [2.05, 4.69) is 41.5 Å². The molecule has 0 saturated heterocycles. The third-order valence-electron chi connectivity index (χ3n) is 4.39. The highest BCUT2D eigenvalue weighted by molar-refractivity contribution is 6.77. The van der Waals surface area contributed by atoms with Gasteiger partial charge in [0.25, 0.3) is 0 Å². The quantitative estimate of drug-likeness (QED) is 0.382. The molecule has 0 saturated carbocycles. The molecular formula is C18H30O3Si. The topological polar surface area (TPSA) is 35.5 Å². The fourth-order valence-corrected chi connectivity index (χ4v) is 8.95. The lowest BCUT2D eigenvalue weighted by Crippen LogP contribution is -2.48. The van der Waals surface area contributed by atoms with Gasteiger partial charge in [-0.15, -0.1) is 0 Å². The van der Waals surface area contributed by atoms with Crippen LogP contribution in [-0.2, 0) is 9.16 Å². The van der Waals surface area contributed by atoms with Crippen LogP contribution in [0.5, 0.6) is 0 Å². The van der Waals surface area contributed by atoms with Gasteiger partial charge in [-0.1, -0.05) is 59.7 Å². The van der Waals surface area contributed by atoms with Crippen LogP contribution >= 0.6 is 0 Å². The lowest BCUT2D eigenvalue weighted by Gasteiger charge is -2.42. The maximum Gasteiger partial charge on any atom is 0.338 e. The zero-order valence-corrected chi connectivity index (χ0v) is 15.8. The van der Waals surface area contributed by atoms with E-state index in [9.17, 15) is 4.79 Å². The number of esters is 1. The van der Waals surface area contributed by atoms with Crippen molar-refractivity contribution in [1.82, 2.24) is 0 Å². The Balaban J connectivity index is 2.55. The van der Waals surface area contributed by atoms with E-state index in [1.165, 1.54) is 0 Å². The van der Waals surface area contributed by atoms with Crippen LogP contribution in [0.25, 0.3) is 0 Å². The third kappa shape index (κ3) is 4.43. The van der Waals surface area contributed by atoms with Crippen molar-refractivity contribution in [2.24, 2.45) is 0 Å². The van der Waals surface area contributed by atoms with Gasteiger partial charge in [0, 0.05) is 0 Å². The Bertz CT molecular complexity index is 433. The van der Waals surface area contributed by atoms with E-state index >= 15 is 0 Å². The summed E-state index contributed by atoms with van der Waals surface area (Å²) in [5, 5.41) is 0. The van der Waals surface area contributed by atoms with Gasteiger partial charge in [-0.25, -0.2) is 4.79 Å². The molecular weight excluding hydrogens is 292 g/mol. The second-order valence-electron chi connectivity index (χ2n) is 6.67. The van der Waals surface area contributed by atoms with E-state index in [0.717, 1.165) is 0 Å². The number of hydrogen-bond acceptors (Lipinski definition) is 3. The Morgan fingerprint density at radius 3 is 1.86 bits per heavy atom. The summed E-state index contributed by atoms with van der Waals surface area (Å²) in [7, 11) is -1.87. The Kier molecular flexibility index (Phi) is 7.30. The molecule has 0 atom stereocenters. The molecule has 0 N–H and O–H groups in total. The summed E-state index contributed by atoms with van der Waals surface area (Å²) in [5.41, 5.74) is 2.20. The summed E-state index contributed by atoms with van der Waals surface area (Å²) in [6, 6.07) is 9.08. The highest BCUT2D eigenvalue weighted by Gasteiger charge is 2.44. The second-order valence-corrected chi connectivity index (χ2v) is 12.1. The molecule has 0 spiro atoms. The average Bonchev–Trinajstić information content (AvgIpc) is 2.46. The Morgan fingerprint density at radius 1 is 0.909 bits per heavy atom. The number of carbonyl (C=O) groups excluding carboxylic acids is 1. The van der Waals surface area contributed by atoms with Gasteiger partial charge in [-0.3, -0.25) is 0 Å². The summed E-state index contributed by atoms with van der Waals surface area (Å²) >= 11 is 0. The van der Waals surface area contributed by atoms with E-state index in [1.54, 1.807) is 12.1 Å². The smallest absolute Gasteiger partial charge is 0.338 e. The van der Waals surface area contributed by atoms with Crippen molar-refractivity contribution in [3.8, 4) is 0 Å². The maximum atomic E-state index is 11.9. The van der Waals surface area contributed by atoms with Gasteiger partial charge in [-0.05, 0) is 28.8 Å². The van der Waals surface area contributed by atoms with Crippen LogP contribution in [0, 0.1) is 0 Å². The van der Waals surface area contributed by atoms with Crippen LogP contribution in [0.4, 0.5) is 0 Å². The largest absolute Gasteiger partial charge is 0.460 e. The Hall–Kier alpha value is -1.13. The van der Waals surface area contributed by atoms with Gasteiger partial charge < -0.3 is 9.16 Å². The molecule has 22 heavy (non-hydrogen) atoms. The van der Waals surface area contributed by atoms with Gasteiger partial charge in [0.2, 0.25) is 0 Å². The van der Waals surface area contributed by atoms with Crippen molar-refractivity contribution in [3.63, 3.8) is 0 Å². The van der Waals surface area contributed by atoms with Crippen molar-refractivity contribution in [3.05, 3.63) is 35.9 Å². The molecule has 0 amide bonds. The molecule has 0 fully saturated rings. The molecule has 4 heteroatoms. The third-order valence-corrected chi connectivity index (χ3v) is 10.5. The summed E-state index contributed by atoms with van der Waals surface area (Å²) in [6.07, 6.45) is 0. The number of carbonyl (C=O) groups is 1. The minimum atomic E-state index is -1.87. The highest BCUT2D eigenvalue weighted by Crippen LogP contribution is 2.42. The van der Waals surface area contributed by atoms with Crippen molar-refractivity contribution in [2.45, 2.75) is 58.2 Å². The minimum absolute atomic E-state index is 0.282. The zero-order chi connectivity index (χ0) is 16.8. The molecule has 0 aliphatic rings. The molecule has 1 aromatic rings. The zero-order valence-electron chi connectivity index (χ0n) is 14.8. The molecule has 1 aromatic carbocycles. The number of rotatable bonds is 8. The molecule has 124 valence electrons. The minimum Gasteiger partial charge on any atom is -0.460 e. The Morgan fingerprint density at radius 2 is 1.41 bits per heavy atom. The normalized spacial score (nSPS) is 12.2. The van der Waals surface area contributed by atoms with E-state index in [1.807, 2.05) is 18.2 Å². The highest BCUT2D eigenvalue weighted by atomic mass is 28.4. The van der Waals surface area contributed by atoms with Crippen LogP contribution in [0.2, 0.25) is 16.6 Å². The second kappa shape index (κ2) is 8.49. The predicted molar refractivity (Wildman–Crippen MR) is 93.7 cm³/mol. The number of ether oxygens (including phenoxy) is 1. The van der Waals surface area contributed by atoms with Crippen molar-refractivity contribution < 1.29 is 14.0 Å². The summed E-state index contributed by atoms with van der Waals surface area (Å²) in [6.45, 7) is 14.3. The van der Waals surface area contributed by atoms with Gasteiger partial charge in [0.05, 0.1) is 12.2 Å². The molecule has 0 radical (unpaired) electrons. The van der Waals surface area contributed by atoms with Gasteiger partial charge >= 0.3 is 5.97 Å². The first-order valence-electron chi connectivity index (χ1n) is 8.18. The van der Waals surface area contributed by atoms with Crippen molar-refractivity contribution in [1.29, 1.82) is 0 Å². The monoisotopic (exact) mass is 322 g/mol. The van der Waals surface area contributed by atoms with Crippen LogP contribution in [0.15, 0.2) is 30.3 Å². The van der Waals surface area contributed by atoms with Crippen LogP contribution in [-0.4, -0.2) is 27.5 Å². The molecule has 0 heterocycles. The fourth-order valence-electron chi connectivity index (χ4n) is 3.51. The first kappa shape index (κ1) is 18.9. The SMILES string of the molecule is CC(C)[Si](OCCOC(=O)c1ccccc1)(C(C)C)C(C)C. The van der Waals surface area contributed by atoms with Crippen LogP contribution in [0.3, 0.4) is 0 Å². The van der Waals surface area contributed by atoms with Gasteiger partial charge in [0.15, 0.2) is 8.32 Å². The van der Waals surface area contributed by atoms with Crippen LogP contribution in [0.1, 0.15) is 51.9 Å². The van der Waals surface area contributed by atoms with E-state index in [0.29, 0.717) is 35.4 Å². The van der Waals surface area contributed by atoms with Gasteiger partial charge in [-0.2, -0.15) is 0 Å². The maximum absolute atomic E-state index is 11.9. The lowest BCUT2D eigenvalue weighted by atomic mass is 10.2. The first-order valence-corrected chi connectivity index (χ1v) is 10.3. The van der Waals surface area contributed by atoms with Gasteiger partial charge in [0.1, 0.15) is 6.61 Å². The van der Waals surface area contributed by atoms with Crippen molar-refractivity contribution in [2.75, 3.05) is 13.2 Å². The standard InChI is InChI=1S/C18H30O3Si/c1-14(2)22(15(3)4,16(5)6)21-13-12-20-18(19)17-10-8-7-9-11-17/h7-11,14-16H,12-13H2,1-6H3. The van der Waals surface area contributed by atoms with Crippen molar-refractivity contribution >= 4 is 14.3 Å². The summed E-state index contributed by atoms with van der Waals surface area (Å²) in [4.78, 5) is 11.9. The van der Waals surface area contributed by atoms with E-state index < -0.39 is 8.32 Å². The molecule has 1 rings (SSSR count). The van der Waals surface area contributed by atoms with Crippen LogP contribution < -0.4 is 0 Å². The number of benzene rings is 1. The fraction of sp³-hybridized carbons (Fsp3) is 0.611. The molecule has 0 aromatic heterocycles. The summed E-state index contributed by atoms with van der Waals surface area (Å²) in [5.74, 6) is -0.282. The molecule has 0 aliphatic heterocycles. The van der Waals surface area contributed by atoms with E-state index in [4.69, 9.17) is 9.16 Å². The molecule has 0 aliphatic carbocycles. The van der Waals surface area contributed by atoms with E-state index in [-0.39, 0.29) is 5.97 Å². The lowest BCUT2D eigenvalue weighted by molar-refractivity contribution is 0.0439. The predicted octanol–water partition coefficient (Wildman–Crippen LogP) is 5.04. The average molecular weight is 323 g/mol. The first-order chi connectivity index (χ1) is 10.3. The summed E-state index contributed by atoms with van der Waals surface area (Å²) < 4.78 is 11.7. The Labute approximate surface area is 136 Å². The molecule has 0 bridgehead atoms. The molecule has 0 unspecified atom stereocenters. The number of hydrogen-bond donors (Lipinski definition) is 0. The molecule has 3 nitrogen and oxygen atoms in total.